The van der Waals surface area contributed by atoms with E-state index in [-0.39, 0.29) is 11.5 Å². The molecule has 0 radical (unpaired) electrons. The number of hydrogen-bond acceptors (Lipinski definition) is 4. The maximum Gasteiger partial charge on any atom is 0.134 e. The van der Waals surface area contributed by atoms with E-state index in [1.807, 2.05) is 23.1 Å². The molecule has 11 rings (SSSR count). The molecule has 242 valence electrons. The standard InChI is InChI=1S/C47H32N2S2/c1-47(2)36-26-29(43-45-44(34-18-9-11-21-38(34)51-45)49-46(48-43)27-13-4-3-5-14-27)23-24-32(36)41-35(25-28-15-6-7-16-30(28)42(41)47)31-19-12-22-39-40(31)33-17-8-10-20-37(33)50-39/h3-26,44H,1-2H3,(H,48,49). The normalized spacial score (nSPS) is 16.9. The van der Waals surface area contributed by atoms with Gasteiger partial charge >= 0.3 is 0 Å². The van der Waals surface area contributed by atoms with Crippen LogP contribution in [0.4, 0.5) is 0 Å². The smallest absolute Gasteiger partial charge is 0.134 e. The molecule has 1 aromatic heterocycles. The van der Waals surface area contributed by atoms with E-state index in [1.165, 1.54) is 85.3 Å². The van der Waals surface area contributed by atoms with Crippen molar-refractivity contribution in [2.75, 3.05) is 0 Å². The van der Waals surface area contributed by atoms with Crippen LogP contribution in [-0.4, -0.2) is 5.84 Å². The third kappa shape index (κ3) is 4.21. The monoisotopic (exact) mass is 688 g/mol. The van der Waals surface area contributed by atoms with Crippen molar-refractivity contribution in [2.24, 2.45) is 4.99 Å². The second kappa shape index (κ2) is 10.8. The molecule has 0 fully saturated rings. The largest absolute Gasteiger partial charge is 0.358 e. The number of thioether (sulfide) groups is 1. The molecule has 0 saturated carbocycles. The number of hydrogen-bond donors (Lipinski definition) is 1. The highest BCUT2D eigenvalue weighted by Crippen LogP contribution is 2.58. The summed E-state index contributed by atoms with van der Waals surface area (Å²) in [7, 11) is 0. The summed E-state index contributed by atoms with van der Waals surface area (Å²) < 4.78 is 2.67. The molecular formula is C47H32N2S2. The fourth-order valence-electron chi connectivity index (χ4n) is 8.79. The second-order valence-electron chi connectivity index (χ2n) is 14.3. The Labute approximate surface area is 305 Å². The van der Waals surface area contributed by atoms with E-state index < -0.39 is 0 Å². The first-order valence-corrected chi connectivity index (χ1v) is 19.2. The molecular weight excluding hydrogens is 657 g/mol. The maximum absolute atomic E-state index is 5.41. The predicted octanol–water partition coefficient (Wildman–Crippen LogP) is 12.7. The molecule has 1 aliphatic carbocycles. The molecule has 0 bridgehead atoms. The number of nitrogens with zero attached hydrogens (tertiary/aromatic N) is 1. The lowest BCUT2D eigenvalue weighted by atomic mass is 9.78. The van der Waals surface area contributed by atoms with Gasteiger partial charge in [-0.25, -0.2) is 4.99 Å². The number of rotatable bonds is 3. The minimum Gasteiger partial charge on any atom is -0.358 e. The molecule has 0 amide bonds. The van der Waals surface area contributed by atoms with Crippen LogP contribution in [0.2, 0.25) is 0 Å². The van der Waals surface area contributed by atoms with E-state index in [2.05, 4.69) is 165 Å². The average Bonchev–Trinajstić information content (AvgIpc) is 3.82. The van der Waals surface area contributed by atoms with Crippen LogP contribution in [-0.2, 0) is 5.41 Å². The fraction of sp³-hybridized carbons (Fsp3) is 0.0851. The molecule has 3 heterocycles. The van der Waals surface area contributed by atoms with E-state index in [4.69, 9.17) is 4.99 Å². The lowest BCUT2D eigenvalue weighted by molar-refractivity contribution is 0.666. The van der Waals surface area contributed by atoms with Crippen LogP contribution in [0.1, 0.15) is 47.7 Å². The van der Waals surface area contributed by atoms with Crippen LogP contribution < -0.4 is 5.32 Å². The number of fused-ring (bicyclic) bond motifs is 11. The summed E-state index contributed by atoms with van der Waals surface area (Å²) in [5, 5.41) is 9.11. The lowest BCUT2D eigenvalue weighted by Gasteiger charge is -2.27. The van der Waals surface area contributed by atoms with Crippen molar-refractivity contribution in [3.63, 3.8) is 0 Å². The van der Waals surface area contributed by atoms with Gasteiger partial charge in [-0.1, -0.05) is 141 Å². The summed E-state index contributed by atoms with van der Waals surface area (Å²) in [4.78, 5) is 7.98. The highest BCUT2D eigenvalue weighted by Gasteiger charge is 2.40. The number of thiophene rings is 1. The van der Waals surface area contributed by atoms with Crippen molar-refractivity contribution in [2.45, 2.75) is 30.2 Å². The third-order valence-corrected chi connectivity index (χ3v) is 13.5. The quantitative estimate of drug-likeness (QED) is 0.200. The van der Waals surface area contributed by atoms with Crippen molar-refractivity contribution in [3.8, 4) is 22.3 Å². The molecule has 1 N–H and O–H groups in total. The first-order chi connectivity index (χ1) is 25.0. The van der Waals surface area contributed by atoms with Crippen LogP contribution in [0.5, 0.6) is 0 Å². The van der Waals surface area contributed by atoms with Crippen molar-refractivity contribution in [1.82, 2.24) is 5.32 Å². The Morgan fingerprint density at radius 3 is 2.29 bits per heavy atom. The van der Waals surface area contributed by atoms with Gasteiger partial charge in [0.15, 0.2) is 0 Å². The first-order valence-electron chi connectivity index (χ1n) is 17.6. The Morgan fingerprint density at radius 1 is 0.627 bits per heavy atom. The van der Waals surface area contributed by atoms with Crippen LogP contribution in [0.3, 0.4) is 0 Å². The number of aliphatic imine (C=N–C) groups is 1. The highest BCUT2D eigenvalue weighted by atomic mass is 32.2. The summed E-state index contributed by atoms with van der Waals surface area (Å²) in [5.41, 5.74) is 12.5. The lowest BCUT2D eigenvalue weighted by Crippen LogP contribution is -2.32. The summed E-state index contributed by atoms with van der Waals surface area (Å²) in [6, 6.07) is 53.7. The van der Waals surface area contributed by atoms with Crippen LogP contribution in [0.25, 0.3) is 58.9 Å². The van der Waals surface area contributed by atoms with Gasteiger partial charge in [0.2, 0.25) is 0 Å². The molecule has 3 aliphatic rings. The van der Waals surface area contributed by atoms with Gasteiger partial charge in [0.05, 0.1) is 11.7 Å². The molecule has 2 aliphatic heterocycles. The minimum absolute atomic E-state index is 0.0730. The number of nitrogens with one attached hydrogen (secondary N) is 1. The fourth-order valence-corrected chi connectivity index (χ4v) is 11.2. The molecule has 1 unspecified atom stereocenters. The van der Waals surface area contributed by atoms with E-state index in [0.717, 1.165) is 17.1 Å². The predicted molar refractivity (Wildman–Crippen MR) is 218 cm³/mol. The summed E-state index contributed by atoms with van der Waals surface area (Å²) in [5.74, 6) is 0.920. The molecule has 1 atom stereocenters. The maximum atomic E-state index is 5.41. The Hall–Kier alpha value is -5.42. The van der Waals surface area contributed by atoms with Gasteiger partial charge in [-0.2, -0.15) is 0 Å². The second-order valence-corrected chi connectivity index (χ2v) is 16.5. The van der Waals surface area contributed by atoms with Crippen molar-refractivity contribution >= 4 is 65.6 Å². The van der Waals surface area contributed by atoms with Crippen molar-refractivity contribution < 1.29 is 0 Å². The molecule has 0 spiro atoms. The zero-order valence-corrected chi connectivity index (χ0v) is 29.8. The molecule has 51 heavy (non-hydrogen) atoms. The first kappa shape index (κ1) is 29.3. The average molecular weight is 689 g/mol. The SMILES string of the molecule is CC1(C)c2cc(C3=C4Sc5ccccc5C4NC(c4ccccc4)=N3)ccc2-c2c(-c3cccc4sc5ccccc5c34)cc3ccccc3c21. The third-order valence-electron chi connectivity index (χ3n) is 11.1. The van der Waals surface area contributed by atoms with Gasteiger partial charge < -0.3 is 5.32 Å². The Bertz CT molecular complexity index is 2840. The molecule has 0 saturated heterocycles. The summed E-state index contributed by atoms with van der Waals surface area (Å²) in [6.07, 6.45) is 0. The van der Waals surface area contributed by atoms with Gasteiger partial charge in [-0.15, -0.1) is 11.3 Å². The van der Waals surface area contributed by atoms with Gasteiger partial charge in [-0.3, -0.25) is 0 Å². The van der Waals surface area contributed by atoms with E-state index in [1.54, 1.807) is 0 Å². The van der Waals surface area contributed by atoms with Crippen LogP contribution in [0.15, 0.2) is 160 Å². The zero-order chi connectivity index (χ0) is 33.8. The van der Waals surface area contributed by atoms with Crippen molar-refractivity contribution in [3.05, 3.63) is 178 Å². The molecule has 4 heteroatoms. The van der Waals surface area contributed by atoms with Gasteiger partial charge in [0.1, 0.15) is 5.84 Å². The Morgan fingerprint density at radius 2 is 1.39 bits per heavy atom. The van der Waals surface area contributed by atoms with E-state index in [0.29, 0.717) is 0 Å². The molecule has 2 nitrogen and oxygen atoms in total. The van der Waals surface area contributed by atoms with E-state index in [9.17, 15) is 0 Å². The summed E-state index contributed by atoms with van der Waals surface area (Å²) in [6.45, 7) is 4.83. The number of amidine groups is 1. The van der Waals surface area contributed by atoms with Crippen molar-refractivity contribution in [1.29, 1.82) is 0 Å². The van der Waals surface area contributed by atoms with Crippen LogP contribution in [0, 0.1) is 0 Å². The van der Waals surface area contributed by atoms with Crippen LogP contribution >= 0.6 is 23.1 Å². The molecule has 7 aromatic carbocycles. The molecule has 8 aromatic rings. The topological polar surface area (TPSA) is 24.4 Å². The van der Waals surface area contributed by atoms with Gasteiger partial charge in [0.25, 0.3) is 0 Å². The number of benzene rings is 7. The highest BCUT2D eigenvalue weighted by molar-refractivity contribution is 8.03. The van der Waals surface area contributed by atoms with Gasteiger partial charge in [-0.05, 0) is 80.0 Å². The van der Waals surface area contributed by atoms with Gasteiger partial charge in [0, 0.05) is 46.5 Å². The Kier molecular flexibility index (Phi) is 6.20. The van der Waals surface area contributed by atoms with E-state index >= 15 is 0 Å². The minimum atomic E-state index is -0.226. The zero-order valence-electron chi connectivity index (χ0n) is 28.2. The Balaban J connectivity index is 1.16. The summed E-state index contributed by atoms with van der Waals surface area (Å²) >= 11 is 3.74.